The van der Waals surface area contributed by atoms with Gasteiger partial charge in [0.2, 0.25) is 0 Å². The molecular formula is C22H24BrFN2O3S. The third-order valence-electron chi connectivity index (χ3n) is 5.51. The second-order valence-corrected chi connectivity index (χ2v) is 9.87. The Morgan fingerprint density at radius 1 is 1.17 bits per heavy atom. The van der Waals surface area contributed by atoms with E-state index in [4.69, 9.17) is 4.74 Å². The summed E-state index contributed by atoms with van der Waals surface area (Å²) < 4.78 is 34.0. The molecule has 1 fully saturated rings. The van der Waals surface area contributed by atoms with E-state index in [1.165, 1.54) is 12.1 Å². The van der Waals surface area contributed by atoms with Gasteiger partial charge in [-0.3, -0.25) is 9.11 Å². The van der Waals surface area contributed by atoms with E-state index in [1.54, 1.807) is 12.1 Å². The molecule has 5 nitrogen and oxygen atoms in total. The summed E-state index contributed by atoms with van der Waals surface area (Å²) >= 11 is 3.48. The highest BCUT2D eigenvalue weighted by Crippen LogP contribution is 2.37. The molecule has 0 saturated carbocycles. The summed E-state index contributed by atoms with van der Waals surface area (Å²) in [5.74, 6) is 0.713. The fourth-order valence-electron chi connectivity index (χ4n) is 3.81. The molecule has 1 aromatic heterocycles. The zero-order valence-corrected chi connectivity index (χ0v) is 19.1. The SMILES string of the molecule is Cn1c(CS(=O)Cc2ccc(F)cc2)cc2c(CN3CCOCC3)c(O)c(Br)cc21. The van der Waals surface area contributed by atoms with E-state index in [1.807, 2.05) is 23.7 Å². The number of nitrogens with zero attached hydrogens (tertiary/aromatic N) is 2. The van der Waals surface area contributed by atoms with Gasteiger partial charge in [0.25, 0.3) is 0 Å². The number of benzene rings is 2. The zero-order chi connectivity index (χ0) is 21.3. The van der Waals surface area contributed by atoms with Crippen LogP contribution in [0.1, 0.15) is 16.8 Å². The summed E-state index contributed by atoms with van der Waals surface area (Å²) in [6.45, 7) is 3.68. The smallest absolute Gasteiger partial charge is 0.135 e. The summed E-state index contributed by atoms with van der Waals surface area (Å²) in [6, 6.07) is 10.1. The number of fused-ring (bicyclic) bond motifs is 1. The average Bonchev–Trinajstić information content (AvgIpc) is 3.03. The van der Waals surface area contributed by atoms with Gasteiger partial charge in [-0.25, -0.2) is 4.39 Å². The van der Waals surface area contributed by atoms with E-state index < -0.39 is 10.8 Å². The first-order valence-electron chi connectivity index (χ1n) is 9.80. The normalized spacial score (nSPS) is 16.2. The van der Waals surface area contributed by atoms with Crippen LogP contribution in [0.2, 0.25) is 0 Å². The lowest BCUT2D eigenvalue weighted by atomic mass is 10.1. The summed E-state index contributed by atoms with van der Waals surface area (Å²) in [5.41, 5.74) is 3.64. The summed E-state index contributed by atoms with van der Waals surface area (Å²) in [4.78, 5) is 2.27. The van der Waals surface area contributed by atoms with Gasteiger partial charge in [0.1, 0.15) is 11.6 Å². The molecular weight excluding hydrogens is 471 g/mol. The second-order valence-electron chi connectivity index (χ2n) is 7.56. The highest BCUT2D eigenvalue weighted by molar-refractivity contribution is 9.10. The van der Waals surface area contributed by atoms with Gasteiger partial charge in [-0.2, -0.15) is 0 Å². The van der Waals surface area contributed by atoms with Gasteiger partial charge in [-0.15, -0.1) is 0 Å². The van der Waals surface area contributed by atoms with Gasteiger partial charge in [0.05, 0.1) is 23.4 Å². The van der Waals surface area contributed by atoms with Crippen LogP contribution in [0.25, 0.3) is 10.9 Å². The van der Waals surface area contributed by atoms with Crippen LogP contribution < -0.4 is 0 Å². The number of aryl methyl sites for hydroxylation is 1. The van der Waals surface area contributed by atoms with Crippen LogP contribution in [0.5, 0.6) is 5.75 Å². The monoisotopic (exact) mass is 494 g/mol. The lowest BCUT2D eigenvalue weighted by Crippen LogP contribution is -2.35. The fraction of sp³-hybridized carbons (Fsp3) is 0.364. The standard InChI is InChI=1S/C22H24BrFN2O3S/c1-25-17(14-30(28)13-15-2-4-16(24)5-3-15)10-18-19(12-26-6-8-29-9-7-26)22(27)20(23)11-21(18)25/h2-5,10-11,27H,6-9,12-14H2,1H3. The van der Waals surface area contributed by atoms with Gasteiger partial charge in [0, 0.05) is 65.4 Å². The van der Waals surface area contributed by atoms with Crippen molar-refractivity contribution in [2.45, 2.75) is 18.1 Å². The minimum Gasteiger partial charge on any atom is -0.506 e. The molecule has 160 valence electrons. The maximum atomic E-state index is 13.1. The van der Waals surface area contributed by atoms with Crippen molar-refractivity contribution in [2.24, 2.45) is 7.05 Å². The van der Waals surface area contributed by atoms with Crippen molar-refractivity contribution in [2.75, 3.05) is 26.3 Å². The minimum absolute atomic E-state index is 0.249. The quantitative estimate of drug-likeness (QED) is 0.561. The molecule has 0 amide bonds. The number of ether oxygens (including phenoxy) is 1. The molecule has 1 aliphatic heterocycles. The summed E-state index contributed by atoms with van der Waals surface area (Å²) in [7, 11) is 0.820. The Morgan fingerprint density at radius 2 is 1.87 bits per heavy atom. The van der Waals surface area contributed by atoms with Crippen LogP contribution in [0.3, 0.4) is 0 Å². The van der Waals surface area contributed by atoms with Gasteiger partial charge >= 0.3 is 0 Å². The van der Waals surface area contributed by atoms with Gasteiger partial charge in [0.15, 0.2) is 0 Å². The van der Waals surface area contributed by atoms with Crippen molar-refractivity contribution in [3.05, 3.63) is 63.5 Å². The number of morpholine rings is 1. The van der Waals surface area contributed by atoms with Crippen molar-refractivity contribution in [3.8, 4) is 5.75 Å². The van der Waals surface area contributed by atoms with E-state index >= 15 is 0 Å². The number of aromatic nitrogens is 1. The molecule has 1 unspecified atom stereocenters. The average molecular weight is 495 g/mol. The van der Waals surface area contributed by atoms with Crippen LogP contribution in [0.15, 0.2) is 40.9 Å². The van der Waals surface area contributed by atoms with Crippen molar-refractivity contribution in [3.63, 3.8) is 0 Å². The van der Waals surface area contributed by atoms with Crippen molar-refractivity contribution < 1.29 is 18.4 Å². The zero-order valence-electron chi connectivity index (χ0n) is 16.7. The molecule has 1 saturated heterocycles. The van der Waals surface area contributed by atoms with E-state index in [9.17, 15) is 13.7 Å². The third kappa shape index (κ3) is 4.61. The van der Waals surface area contributed by atoms with Crippen LogP contribution in [-0.4, -0.2) is 45.1 Å². The molecule has 1 aliphatic rings. The molecule has 4 rings (SSSR count). The number of aromatic hydroxyl groups is 1. The van der Waals surface area contributed by atoms with E-state index in [0.29, 0.717) is 35.7 Å². The largest absolute Gasteiger partial charge is 0.506 e. The maximum Gasteiger partial charge on any atom is 0.135 e. The van der Waals surface area contributed by atoms with Crippen LogP contribution in [0.4, 0.5) is 4.39 Å². The van der Waals surface area contributed by atoms with E-state index in [0.717, 1.165) is 40.8 Å². The highest BCUT2D eigenvalue weighted by Gasteiger charge is 2.20. The molecule has 1 atom stereocenters. The van der Waals surface area contributed by atoms with Crippen molar-refractivity contribution in [1.82, 2.24) is 9.47 Å². The number of rotatable bonds is 6. The second kappa shape index (κ2) is 9.18. The van der Waals surface area contributed by atoms with Crippen LogP contribution in [-0.2, 0) is 40.6 Å². The molecule has 0 bridgehead atoms. The molecule has 30 heavy (non-hydrogen) atoms. The predicted molar refractivity (Wildman–Crippen MR) is 120 cm³/mol. The lowest BCUT2D eigenvalue weighted by Gasteiger charge is -2.27. The molecule has 0 radical (unpaired) electrons. The Morgan fingerprint density at radius 3 is 2.57 bits per heavy atom. The topological polar surface area (TPSA) is 54.7 Å². The van der Waals surface area contributed by atoms with Crippen molar-refractivity contribution in [1.29, 1.82) is 0 Å². The Bertz CT molecular complexity index is 1080. The molecule has 8 heteroatoms. The number of halogens is 2. The maximum absolute atomic E-state index is 13.1. The minimum atomic E-state index is -1.13. The Hall–Kier alpha value is -1.74. The number of hydrogen-bond acceptors (Lipinski definition) is 4. The summed E-state index contributed by atoms with van der Waals surface area (Å²) in [6.07, 6.45) is 0. The molecule has 0 aliphatic carbocycles. The van der Waals surface area contributed by atoms with Crippen molar-refractivity contribution >= 4 is 37.6 Å². The van der Waals surface area contributed by atoms with E-state index in [-0.39, 0.29) is 11.6 Å². The molecule has 1 N–H and O–H groups in total. The van der Waals surface area contributed by atoms with Crippen LogP contribution in [0, 0.1) is 5.82 Å². The number of phenols is 1. The fourth-order valence-corrected chi connectivity index (χ4v) is 5.54. The van der Waals surface area contributed by atoms with Gasteiger partial charge < -0.3 is 14.4 Å². The molecule has 3 aromatic rings. The number of hydrogen-bond donors (Lipinski definition) is 1. The molecule has 0 spiro atoms. The van der Waals surface area contributed by atoms with Gasteiger partial charge in [-0.05, 0) is 45.8 Å². The third-order valence-corrected chi connectivity index (χ3v) is 7.39. The Balaban J connectivity index is 1.61. The predicted octanol–water partition coefficient (Wildman–Crippen LogP) is 4.07. The lowest BCUT2D eigenvalue weighted by molar-refractivity contribution is 0.0340. The first-order chi connectivity index (χ1) is 14.4. The Labute approximate surface area is 186 Å². The van der Waals surface area contributed by atoms with Gasteiger partial charge in [-0.1, -0.05) is 12.1 Å². The Kier molecular flexibility index (Phi) is 6.57. The number of phenolic OH excluding ortho intramolecular Hbond substituents is 1. The molecule has 2 aromatic carbocycles. The van der Waals surface area contributed by atoms with Crippen LogP contribution >= 0.6 is 15.9 Å². The highest BCUT2D eigenvalue weighted by atomic mass is 79.9. The first-order valence-corrected chi connectivity index (χ1v) is 12.1. The molecule has 2 heterocycles. The van der Waals surface area contributed by atoms with E-state index in [2.05, 4.69) is 20.8 Å². The summed E-state index contributed by atoms with van der Waals surface area (Å²) in [5, 5.41) is 11.7. The first kappa shape index (κ1) is 21.5.